The van der Waals surface area contributed by atoms with Gasteiger partial charge < -0.3 is 25.2 Å². The van der Waals surface area contributed by atoms with Gasteiger partial charge in [-0.25, -0.2) is 4.79 Å². The van der Waals surface area contributed by atoms with Crippen molar-refractivity contribution >= 4 is 23.6 Å². The minimum atomic E-state index is -0.830. The van der Waals surface area contributed by atoms with Crippen LogP contribution in [0.15, 0.2) is 48.5 Å². The molecule has 2 aromatic carbocycles. The van der Waals surface area contributed by atoms with Crippen molar-refractivity contribution in [2.75, 3.05) is 38.6 Å². The van der Waals surface area contributed by atoms with E-state index in [2.05, 4.69) is 16.7 Å². The third kappa shape index (κ3) is 5.12. The molecule has 2 fully saturated rings. The van der Waals surface area contributed by atoms with Gasteiger partial charge in [0, 0.05) is 31.9 Å². The summed E-state index contributed by atoms with van der Waals surface area (Å²) in [6, 6.07) is 14.2. The third-order valence-electron chi connectivity index (χ3n) is 6.63. The Morgan fingerprint density at radius 3 is 2.31 bits per heavy atom. The first kappa shape index (κ1) is 24.2. The van der Waals surface area contributed by atoms with Crippen LogP contribution < -0.4 is 10.6 Å². The lowest BCUT2D eigenvalue weighted by Gasteiger charge is -2.35. The number of amides is 3. The summed E-state index contributed by atoms with van der Waals surface area (Å²) in [6.07, 6.45) is 0.154. The number of hydrogen-bond acceptors (Lipinski definition) is 6. The number of nitrogens with one attached hydrogen (secondary N) is 2. The number of piperazine rings is 1. The number of hydrogen-bond donors (Lipinski definition) is 2. The van der Waals surface area contributed by atoms with Gasteiger partial charge in [0.1, 0.15) is 6.04 Å². The van der Waals surface area contributed by atoms with Gasteiger partial charge in [-0.1, -0.05) is 29.8 Å². The van der Waals surface area contributed by atoms with Gasteiger partial charge in [-0.15, -0.1) is 0 Å². The number of benzene rings is 2. The summed E-state index contributed by atoms with van der Waals surface area (Å²) in [4.78, 5) is 43.4. The molecular weight excluding hydrogens is 446 g/mol. The molecule has 2 heterocycles. The number of aryl methyl sites for hydroxylation is 1. The number of likely N-dealkylation sites (tertiary alicyclic amines) is 1. The number of nitriles is 1. The fraction of sp³-hybridized carbons (Fsp3) is 0.385. The first-order valence-electron chi connectivity index (χ1n) is 11.7. The van der Waals surface area contributed by atoms with Crippen molar-refractivity contribution in [1.29, 1.82) is 5.26 Å². The van der Waals surface area contributed by atoms with Crippen molar-refractivity contribution in [2.45, 2.75) is 25.4 Å². The maximum absolute atomic E-state index is 13.7. The van der Waals surface area contributed by atoms with Crippen molar-refractivity contribution in [3.8, 4) is 6.07 Å². The first-order valence-corrected chi connectivity index (χ1v) is 11.7. The predicted octanol–water partition coefficient (Wildman–Crippen LogP) is 2.44. The van der Waals surface area contributed by atoms with Gasteiger partial charge in [0.25, 0.3) is 0 Å². The smallest absolute Gasteiger partial charge is 0.323 e. The molecule has 2 aromatic rings. The van der Waals surface area contributed by atoms with Crippen LogP contribution in [0, 0.1) is 24.2 Å². The quantitative estimate of drug-likeness (QED) is 0.657. The van der Waals surface area contributed by atoms with E-state index in [-0.39, 0.29) is 12.3 Å². The molecule has 9 heteroatoms. The number of carbonyl (C=O) groups is 3. The van der Waals surface area contributed by atoms with Crippen LogP contribution in [0.5, 0.6) is 0 Å². The van der Waals surface area contributed by atoms with Gasteiger partial charge in [-0.2, -0.15) is 5.26 Å². The van der Waals surface area contributed by atoms with E-state index in [4.69, 9.17) is 4.74 Å². The standard InChI is InChI=1S/C26H29N5O4/c1-17-3-9-20(10-4-17)29-26(34)31-22(24(32)30-13-11-28-12-14-30)15-21(25(33)35-2)23(31)19-7-5-18(16-27)6-8-19/h3-10,21-23,28H,11-15H2,1-2H3,(H,29,34). The second kappa shape index (κ2) is 10.6. The topological polar surface area (TPSA) is 115 Å². The fourth-order valence-corrected chi connectivity index (χ4v) is 4.80. The van der Waals surface area contributed by atoms with Gasteiger partial charge in [0.15, 0.2) is 0 Å². The van der Waals surface area contributed by atoms with Crippen molar-refractivity contribution in [3.05, 3.63) is 65.2 Å². The third-order valence-corrected chi connectivity index (χ3v) is 6.63. The molecule has 35 heavy (non-hydrogen) atoms. The Hall–Kier alpha value is -3.90. The number of carbonyl (C=O) groups excluding carboxylic acids is 3. The molecule has 4 rings (SSSR count). The van der Waals surface area contributed by atoms with E-state index in [9.17, 15) is 19.6 Å². The number of rotatable bonds is 4. The summed E-state index contributed by atoms with van der Waals surface area (Å²) in [5, 5.41) is 15.3. The molecule has 9 nitrogen and oxygen atoms in total. The average Bonchev–Trinajstić information content (AvgIpc) is 3.30. The van der Waals surface area contributed by atoms with Crippen LogP contribution in [0.4, 0.5) is 10.5 Å². The molecule has 3 atom stereocenters. The molecule has 2 aliphatic rings. The van der Waals surface area contributed by atoms with Crippen molar-refractivity contribution in [1.82, 2.24) is 15.1 Å². The molecule has 0 aromatic heterocycles. The Kier molecular flexibility index (Phi) is 7.32. The number of esters is 1. The largest absolute Gasteiger partial charge is 0.469 e. The van der Waals surface area contributed by atoms with E-state index < -0.39 is 30.0 Å². The molecule has 0 radical (unpaired) electrons. The van der Waals surface area contributed by atoms with Gasteiger partial charge in [-0.3, -0.25) is 9.59 Å². The summed E-state index contributed by atoms with van der Waals surface area (Å²) in [7, 11) is 1.31. The van der Waals surface area contributed by atoms with Gasteiger partial charge in [0.05, 0.1) is 30.7 Å². The number of methoxy groups -OCH3 is 1. The van der Waals surface area contributed by atoms with E-state index in [1.807, 2.05) is 19.1 Å². The SMILES string of the molecule is COC(=O)C1CC(C(=O)N2CCNCC2)N(C(=O)Nc2ccc(C)cc2)C1c1ccc(C#N)cc1. The van der Waals surface area contributed by atoms with Gasteiger partial charge >= 0.3 is 12.0 Å². The highest BCUT2D eigenvalue weighted by molar-refractivity contribution is 5.96. The molecule has 2 saturated heterocycles. The zero-order valence-electron chi connectivity index (χ0n) is 19.9. The summed E-state index contributed by atoms with van der Waals surface area (Å²) in [5.41, 5.74) is 2.77. The minimum Gasteiger partial charge on any atom is -0.469 e. The summed E-state index contributed by atoms with van der Waals surface area (Å²) in [5.74, 6) is -1.40. The number of nitrogens with zero attached hydrogens (tertiary/aromatic N) is 3. The molecule has 182 valence electrons. The molecule has 3 unspecified atom stereocenters. The van der Waals surface area contributed by atoms with Crippen LogP contribution in [0.1, 0.15) is 29.2 Å². The zero-order chi connectivity index (χ0) is 24.9. The summed E-state index contributed by atoms with van der Waals surface area (Å²) in [6.45, 7) is 4.37. The average molecular weight is 476 g/mol. The number of urea groups is 1. The maximum atomic E-state index is 13.7. The Bertz CT molecular complexity index is 1120. The lowest BCUT2D eigenvalue weighted by Crippen LogP contribution is -2.54. The predicted molar refractivity (Wildman–Crippen MR) is 129 cm³/mol. The molecule has 0 aliphatic carbocycles. The highest BCUT2D eigenvalue weighted by Gasteiger charge is 2.52. The second-order valence-electron chi connectivity index (χ2n) is 8.84. The van der Waals surface area contributed by atoms with Crippen LogP contribution in [0.2, 0.25) is 0 Å². The Morgan fingerprint density at radius 1 is 1.06 bits per heavy atom. The molecule has 0 bridgehead atoms. The lowest BCUT2D eigenvalue weighted by molar-refractivity contribution is -0.146. The first-order chi connectivity index (χ1) is 16.9. The molecular formula is C26H29N5O4. The maximum Gasteiger partial charge on any atom is 0.323 e. The van der Waals surface area contributed by atoms with Crippen LogP contribution in [-0.4, -0.2) is 67.0 Å². The molecule has 2 aliphatic heterocycles. The lowest BCUT2D eigenvalue weighted by atomic mass is 9.92. The van der Waals surface area contributed by atoms with Crippen LogP contribution in [-0.2, 0) is 14.3 Å². The van der Waals surface area contributed by atoms with Crippen LogP contribution in [0.3, 0.4) is 0 Å². The summed E-state index contributed by atoms with van der Waals surface area (Å²) < 4.78 is 5.08. The monoisotopic (exact) mass is 475 g/mol. The van der Waals surface area contributed by atoms with Gasteiger partial charge in [0.2, 0.25) is 5.91 Å². The highest BCUT2D eigenvalue weighted by Crippen LogP contribution is 2.43. The normalized spacial score (nSPS) is 21.8. The Morgan fingerprint density at radius 2 is 1.71 bits per heavy atom. The molecule has 0 saturated carbocycles. The van der Waals surface area contributed by atoms with E-state index >= 15 is 0 Å². The highest BCUT2D eigenvalue weighted by atomic mass is 16.5. The second-order valence-corrected chi connectivity index (χ2v) is 8.84. The zero-order valence-corrected chi connectivity index (χ0v) is 19.9. The Labute approximate surface area is 204 Å². The molecule has 0 spiro atoms. The van der Waals surface area contributed by atoms with Gasteiger partial charge in [-0.05, 0) is 43.2 Å². The molecule has 2 N–H and O–H groups in total. The Balaban J connectivity index is 1.73. The van der Waals surface area contributed by atoms with Crippen LogP contribution in [0.25, 0.3) is 0 Å². The minimum absolute atomic E-state index is 0.154. The van der Waals surface area contributed by atoms with Crippen molar-refractivity contribution in [2.24, 2.45) is 5.92 Å². The fourth-order valence-electron chi connectivity index (χ4n) is 4.80. The van der Waals surface area contributed by atoms with Crippen molar-refractivity contribution < 1.29 is 19.1 Å². The van der Waals surface area contributed by atoms with Crippen LogP contribution >= 0.6 is 0 Å². The number of ether oxygens (including phenoxy) is 1. The molecule has 3 amide bonds. The van der Waals surface area contributed by atoms with Crippen molar-refractivity contribution in [3.63, 3.8) is 0 Å². The number of anilines is 1. The van der Waals surface area contributed by atoms with E-state index in [0.29, 0.717) is 43.0 Å². The summed E-state index contributed by atoms with van der Waals surface area (Å²) >= 11 is 0. The van der Waals surface area contributed by atoms with E-state index in [1.165, 1.54) is 12.0 Å². The van der Waals surface area contributed by atoms with E-state index in [0.717, 1.165) is 5.56 Å². The van der Waals surface area contributed by atoms with E-state index in [1.54, 1.807) is 41.3 Å².